The number of hydrogen-bond donors (Lipinski definition) is 1. The third-order valence-corrected chi connectivity index (χ3v) is 5.18. The molecule has 0 radical (unpaired) electrons. The van der Waals surface area contributed by atoms with E-state index < -0.39 is 0 Å². The molecule has 2 aliphatic rings. The summed E-state index contributed by atoms with van der Waals surface area (Å²) < 4.78 is 24.7. The second-order valence-corrected chi connectivity index (χ2v) is 6.96. The van der Waals surface area contributed by atoms with Gasteiger partial charge in [-0.25, -0.2) is 14.4 Å². The molecule has 0 bridgehead atoms. The van der Waals surface area contributed by atoms with E-state index in [1.807, 2.05) is 12.1 Å². The van der Waals surface area contributed by atoms with Crippen molar-refractivity contribution in [2.75, 3.05) is 69.4 Å². The molecule has 1 N–H and O–H groups in total. The van der Waals surface area contributed by atoms with Gasteiger partial charge in [-0.2, -0.15) is 0 Å². The molecule has 2 saturated heterocycles. The van der Waals surface area contributed by atoms with Crippen LogP contribution in [0.15, 0.2) is 36.7 Å². The fourth-order valence-corrected chi connectivity index (χ4v) is 3.67. The molecule has 2 fully saturated rings. The van der Waals surface area contributed by atoms with Crippen molar-refractivity contribution in [2.45, 2.75) is 6.04 Å². The molecule has 2 aliphatic heterocycles. The Morgan fingerprint density at radius 3 is 2.50 bits per heavy atom. The topological polar surface area (TPSA) is 62.8 Å². The highest BCUT2D eigenvalue weighted by atomic mass is 19.1. The summed E-state index contributed by atoms with van der Waals surface area (Å²) in [6.45, 7) is 6.75. The van der Waals surface area contributed by atoms with Crippen LogP contribution in [0.5, 0.6) is 0 Å². The number of ether oxygens (including phenoxy) is 2. The lowest BCUT2D eigenvalue weighted by Crippen LogP contribution is -2.41. The molecule has 0 saturated carbocycles. The van der Waals surface area contributed by atoms with Crippen LogP contribution in [0.4, 0.5) is 16.0 Å². The average molecular weight is 387 g/mol. The summed E-state index contributed by atoms with van der Waals surface area (Å²) in [7, 11) is 0. The van der Waals surface area contributed by atoms with Gasteiger partial charge in [-0.15, -0.1) is 0 Å². The lowest BCUT2D eigenvalue weighted by Gasteiger charge is -2.35. The van der Waals surface area contributed by atoms with Crippen LogP contribution in [0.25, 0.3) is 0 Å². The third-order valence-electron chi connectivity index (χ3n) is 5.18. The Balaban J connectivity index is 1.48. The molecule has 28 heavy (non-hydrogen) atoms. The van der Waals surface area contributed by atoms with E-state index in [-0.39, 0.29) is 11.9 Å². The first kappa shape index (κ1) is 19.0. The van der Waals surface area contributed by atoms with E-state index in [4.69, 9.17) is 9.47 Å². The molecule has 1 atom stereocenters. The Kier molecular flexibility index (Phi) is 6.31. The fraction of sp³-hybridized carbons (Fsp3) is 0.500. The number of morpholine rings is 2. The molecule has 8 heteroatoms. The van der Waals surface area contributed by atoms with Gasteiger partial charge in [-0.05, 0) is 17.7 Å². The molecule has 1 unspecified atom stereocenters. The fourth-order valence-electron chi connectivity index (χ4n) is 3.67. The molecule has 0 aliphatic carbocycles. The van der Waals surface area contributed by atoms with Crippen LogP contribution in [-0.4, -0.2) is 74.0 Å². The van der Waals surface area contributed by atoms with Gasteiger partial charge in [0.15, 0.2) is 0 Å². The van der Waals surface area contributed by atoms with Crippen LogP contribution in [0.1, 0.15) is 11.6 Å². The van der Waals surface area contributed by atoms with Gasteiger partial charge < -0.3 is 19.7 Å². The van der Waals surface area contributed by atoms with Crippen LogP contribution in [0, 0.1) is 5.82 Å². The molecule has 150 valence electrons. The Labute approximate surface area is 164 Å². The maximum absolute atomic E-state index is 13.8. The molecular weight excluding hydrogens is 361 g/mol. The van der Waals surface area contributed by atoms with Crippen LogP contribution in [0.3, 0.4) is 0 Å². The van der Waals surface area contributed by atoms with E-state index in [9.17, 15) is 4.39 Å². The van der Waals surface area contributed by atoms with Crippen molar-refractivity contribution in [1.82, 2.24) is 14.9 Å². The standard InChI is InChI=1S/C20H26FN5O2/c21-17-3-1-2-16(12-17)18(25-4-8-27-9-5-25)14-22-19-13-20(24-15-23-19)26-6-10-28-11-7-26/h1-3,12-13,15,18H,4-11,14H2,(H,22,23,24). The molecule has 1 aromatic heterocycles. The van der Waals surface area contributed by atoms with E-state index in [0.29, 0.717) is 33.0 Å². The van der Waals surface area contributed by atoms with Crippen molar-refractivity contribution in [1.29, 1.82) is 0 Å². The smallest absolute Gasteiger partial charge is 0.134 e. The molecule has 0 amide bonds. The Bertz CT molecular complexity index is 766. The highest BCUT2D eigenvalue weighted by Crippen LogP contribution is 2.24. The zero-order valence-corrected chi connectivity index (χ0v) is 15.9. The van der Waals surface area contributed by atoms with Crippen LogP contribution in [0.2, 0.25) is 0 Å². The molecule has 4 rings (SSSR count). The Hall–Kier alpha value is -2.29. The highest BCUT2D eigenvalue weighted by Gasteiger charge is 2.23. The third kappa shape index (κ3) is 4.76. The first-order chi connectivity index (χ1) is 13.8. The average Bonchev–Trinajstić information content (AvgIpc) is 2.76. The number of rotatable bonds is 6. The number of hydrogen-bond acceptors (Lipinski definition) is 7. The number of nitrogens with one attached hydrogen (secondary N) is 1. The van der Waals surface area contributed by atoms with E-state index in [1.165, 1.54) is 6.07 Å². The number of anilines is 2. The summed E-state index contributed by atoms with van der Waals surface area (Å²) in [4.78, 5) is 13.3. The quantitative estimate of drug-likeness (QED) is 0.813. The molecular formula is C20H26FN5O2. The van der Waals surface area contributed by atoms with Gasteiger partial charge in [-0.1, -0.05) is 12.1 Å². The second-order valence-electron chi connectivity index (χ2n) is 6.96. The van der Waals surface area contributed by atoms with Crippen LogP contribution in [-0.2, 0) is 9.47 Å². The molecule has 0 spiro atoms. The van der Waals surface area contributed by atoms with Crippen molar-refractivity contribution in [2.24, 2.45) is 0 Å². The van der Waals surface area contributed by atoms with Crippen molar-refractivity contribution in [3.05, 3.63) is 48.0 Å². The van der Waals surface area contributed by atoms with Crippen molar-refractivity contribution < 1.29 is 13.9 Å². The minimum Gasteiger partial charge on any atom is -0.379 e. The summed E-state index contributed by atoms with van der Waals surface area (Å²) in [6, 6.07) is 8.84. The maximum Gasteiger partial charge on any atom is 0.134 e. The lowest BCUT2D eigenvalue weighted by molar-refractivity contribution is 0.0186. The van der Waals surface area contributed by atoms with Gasteiger partial charge in [0.1, 0.15) is 23.8 Å². The lowest BCUT2D eigenvalue weighted by atomic mass is 10.0. The summed E-state index contributed by atoms with van der Waals surface area (Å²) in [6.07, 6.45) is 1.58. The molecule has 1 aromatic carbocycles. The summed E-state index contributed by atoms with van der Waals surface area (Å²) >= 11 is 0. The zero-order chi connectivity index (χ0) is 19.2. The predicted molar refractivity (Wildman–Crippen MR) is 105 cm³/mol. The summed E-state index contributed by atoms with van der Waals surface area (Å²) in [5.41, 5.74) is 0.955. The SMILES string of the molecule is Fc1cccc(C(CNc2cc(N3CCOCC3)ncn2)N2CCOCC2)c1. The van der Waals surface area contributed by atoms with E-state index in [2.05, 4.69) is 25.1 Å². The molecule has 3 heterocycles. The number of aromatic nitrogens is 2. The first-order valence-electron chi connectivity index (χ1n) is 9.75. The van der Waals surface area contributed by atoms with E-state index in [1.54, 1.807) is 18.5 Å². The summed E-state index contributed by atoms with van der Waals surface area (Å²) in [5.74, 6) is 1.45. The summed E-state index contributed by atoms with van der Waals surface area (Å²) in [5, 5.41) is 3.43. The van der Waals surface area contributed by atoms with Gasteiger partial charge in [-0.3, -0.25) is 4.90 Å². The number of nitrogens with zero attached hydrogens (tertiary/aromatic N) is 4. The zero-order valence-electron chi connectivity index (χ0n) is 15.9. The van der Waals surface area contributed by atoms with E-state index >= 15 is 0 Å². The largest absolute Gasteiger partial charge is 0.379 e. The normalized spacial score (nSPS) is 19.4. The Morgan fingerprint density at radius 1 is 1.00 bits per heavy atom. The van der Waals surface area contributed by atoms with Gasteiger partial charge in [0.25, 0.3) is 0 Å². The van der Waals surface area contributed by atoms with Gasteiger partial charge in [0, 0.05) is 38.8 Å². The molecule has 2 aromatic rings. The van der Waals surface area contributed by atoms with E-state index in [0.717, 1.165) is 43.4 Å². The van der Waals surface area contributed by atoms with Crippen LogP contribution >= 0.6 is 0 Å². The minimum atomic E-state index is -0.215. The van der Waals surface area contributed by atoms with Crippen molar-refractivity contribution in [3.8, 4) is 0 Å². The second kappa shape index (κ2) is 9.27. The number of benzene rings is 1. The maximum atomic E-state index is 13.8. The van der Waals surface area contributed by atoms with Gasteiger partial charge in [0.05, 0.1) is 32.5 Å². The van der Waals surface area contributed by atoms with Crippen molar-refractivity contribution in [3.63, 3.8) is 0 Å². The minimum absolute atomic E-state index is 0.0430. The monoisotopic (exact) mass is 387 g/mol. The predicted octanol–water partition coefficient (Wildman–Crippen LogP) is 1.94. The molecule has 7 nitrogen and oxygen atoms in total. The number of halogens is 1. The van der Waals surface area contributed by atoms with Crippen LogP contribution < -0.4 is 10.2 Å². The Morgan fingerprint density at radius 2 is 1.75 bits per heavy atom. The van der Waals surface area contributed by atoms with Crippen molar-refractivity contribution >= 4 is 11.6 Å². The van der Waals surface area contributed by atoms with Gasteiger partial charge in [0.2, 0.25) is 0 Å². The highest BCUT2D eigenvalue weighted by molar-refractivity contribution is 5.48. The first-order valence-corrected chi connectivity index (χ1v) is 9.75. The van der Waals surface area contributed by atoms with Gasteiger partial charge >= 0.3 is 0 Å².